The Hall–Kier alpha value is -1.23. The Morgan fingerprint density at radius 3 is 2.58 bits per heavy atom. The van der Waals surface area contributed by atoms with Gasteiger partial charge in [-0.25, -0.2) is 4.98 Å². The number of hydrogen-bond acceptors (Lipinski definition) is 4. The molecule has 0 aliphatic carbocycles. The number of aliphatic hydroxyl groups is 1. The van der Waals surface area contributed by atoms with E-state index >= 15 is 0 Å². The Morgan fingerprint density at radius 2 is 1.95 bits per heavy atom. The number of thiazole rings is 1. The minimum absolute atomic E-state index is 0.419. The van der Waals surface area contributed by atoms with Crippen LogP contribution >= 0.6 is 11.3 Å². The molecule has 0 saturated heterocycles. The molecule has 19 heavy (non-hydrogen) atoms. The molecular weight excluding hydrogens is 256 g/mol. The first kappa shape index (κ1) is 14.2. The third-order valence-electron chi connectivity index (χ3n) is 3.01. The maximum Gasteiger partial charge on any atom is 0.123 e. The van der Waals surface area contributed by atoms with Crippen LogP contribution in [0.3, 0.4) is 0 Å². The first-order valence-corrected chi connectivity index (χ1v) is 7.25. The summed E-state index contributed by atoms with van der Waals surface area (Å²) in [6.45, 7) is 2.84. The molecule has 0 aliphatic rings. The highest BCUT2D eigenvalue weighted by Gasteiger charge is 2.16. The number of benzene rings is 1. The van der Waals surface area contributed by atoms with E-state index in [0.29, 0.717) is 0 Å². The van der Waals surface area contributed by atoms with Crippen LogP contribution in [0.25, 0.3) is 10.6 Å². The van der Waals surface area contributed by atoms with E-state index in [1.54, 1.807) is 11.3 Å². The number of aliphatic hydroxyl groups excluding tert-OH is 1. The number of hydrogen-bond donors (Lipinski definition) is 1. The van der Waals surface area contributed by atoms with E-state index in [4.69, 9.17) is 0 Å². The van der Waals surface area contributed by atoms with Crippen LogP contribution in [0.1, 0.15) is 23.1 Å². The third kappa shape index (κ3) is 3.62. The second kappa shape index (κ2) is 6.28. The lowest BCUT2D eigenvalue weighted by Gasteiger charge is -2.13. The topological polar surface area (TPSA) is 36.4 Å². The molecule has 1 heterocycles. The van der Waals surface area contributed by atoms with Crippen LogP contribution < -0.4 is 0 Å². The summed E-state index contributed by atoms with van der Waals surface area (Å²) in [6, 6.07) is 10.1. The predicted octanol–water partition coefficient (Wildman–Crippen LogP) is 3.10. The van der Waals surface area contributed by atoms with Crippen molar-refractivity contribution in [2.75, 3.05) is 20.6 Å². The van der Waals surface area contributed by atoms with Crippen molar-refractivity contribution in [3.05, 3.63) is 40.9 Å². The quantitative estimate of drug-likeness (QED) is 0.911. The summed E-state index contributed by atoms with van der Waals surface area (Å²) in [6.07, 6.45) is 0.321. The highest BCUT2D eigenvalue weighted by atomic mass is 32.1. The van der Waals surface area contributed by atoms with Gasteiger partial charge in [-0.15, -0.1) is 11.3 Å². The SMILES string of the molecule is Cc1nc(-c2ccccc2)sc1C(O)CCN(C)C. The van der Waals surface area contributed by atoms with Gasteiger partial charge in [-0.2, -0.15) is 0 Å². The van der Waals surface area contributed by atoms with Crippen LogP contribution in [0.5, 0.6) is 0 Å². The number of aryl methyl sites for hydroxylation is 1. The molecule has 0 fully saturated rings. The van der Waals surface area contributed by atoms with Gasteiger partial charge in [0.15, 0.2) is 0 Å². The molecule has 0 radical (unpaired) electrons. The second-order valence-corrected chi connectivity index (χ2v) is 5.97. The fourth-order valence-corrected chi connectivity index (χ4v) is 3.03. The van der Waals surface area contributed by atoms with Gasteiger partial charge in [-0.1, -0.05) is 30.3 Å². The van der Waals surface area contributed by atoms with Gasteiger partial charge in [0.1, 0.15) is 5.01 Å². The van der Waals surface area contributed by atoms with E-state index in [-0.39, 0.29) is 0 Å². The molecule has 0 aliphatic heterocycles. The van der Waals surface area contributed by atoms with Crippen molar-refractivity contribution in [1.82, 2.24) is 9.88 Å². The smallest absolute Gasteiger partial charge is 0.123 e. The van der Waals surface area contributed by atoms with Gasteiger partial charge in [-0.3, -0.25) is 0 Å². The summed E-state index contributed by atoms with van der Waals surface area (Å²) in [7, 11) is 4.03. The maximum atomic E-state index is 10.3. The van der Waals surface area contributed by atoms with Crippen LogP contribution in [-0.2, 0) is 0 Å². The zero-order valence-electron chi connectivity index (χ0n) is 11.6. The first-order valence-electron chi connectivity index (χ1n) is 6.43. The minimum atomic E-state index is -0.419. The van der Waals surface area contributed by atoms with Crippen LogP contribution in [0.2, 0.25) is 0 Å². The molecule has 1 N–H and O–H groups in total. The van der Waals surface area contributed by atoms with E-state index in [9.17, 15) is 5.11 Å². The Bertz CT molecular complexity index is 522. The Labute approximate surface area is 118 Å². The van der Waals surface area contributed by atoms with Crippen molar-refractivity contribution < 1.29 is 5.11 Å². The zero-order valence-corrected chi connectivity index (χ0v) is 12.4. The summed E-state index contributed by atoms with van der Waals surface area (Å²) < 4.78 is 0. The summed E-state index contributed by atoms with van der Waals surface area (Å²) >= 11 is 1.59. The lowest BCUT2D eigenvalue weighted by molar-refractivity contribution is 0.157. The molecule has 1 aromatic carbocycles. The van der Waals surface area contributed by atoms with E-state index in [1.165, 1.54) is 0 Å². The van der Waals surface area contributed by atoms with E-state index in [2.05, 4.69) is 9.88 Å². The Kier molecular flexibility index (Phi) is 4.69. The molecule has 102 valence electrons. The summed E-state index contributed by atoms with van der Waals surface area (Å²) in [4.78, 5) is 7.64. The van der Waals surface area contributed by atoms with Gasteiger partial charge in [0.25, 0.3) is 0 Å². The van der Waals surface area contributed by atoms with E-state index < -0.39 is 6.10 Å². The number of aromatic nitrogens is 1. The minimum Gasteiger partial charge on any atom is -0.387 e. The summed E-state index contributed by atoms with van der Waals surface area (Å²) in [5, 5.41) is 11.2. The van der Waals surface area contributed by atoms with Crippen molar-refractivity contribution in [3.8, 4) is 10.6 Å². The monoisotopic (exact) mass is 276 g/mol. The predicted molar refractivity (Wildman–Crippen MR) is 80.4 cm³/mol. The molecule has 0 amide bonds. The van der Waals surface area contributed by atoms with Gasteiger partial charge in [0.2, 0.25) is 0 Å². The average molecular weight is 276 g/mol. The van der Waals surface area contributed by atoms with Crippen LogP contribution in [-0.4, -0.2) is 35.6 Å². The molecule has 2 aromatic rings. The maximum absolute atomic E-state index is 10.3. The van der Waals surface area contributed by atoms with Gasteiger partial charge in [0, 0.05) is 12.1 Å². The summed E-state index contributed by atoms with van der Waals surface area (Å²) in [5.41, 5.74) is 2.05. The first-order chi connectivity index (χ1) is 9.08. The molecule has 0 bridgehead atoms. The highest BCUT2D eigenvalue weighted by Crippen LogP contribution is 2.32. The molecule has 0 spiro atoms. The van der Waals surface area contributed by atoms with Crippen molar-refractivity contribution in [3.63, 3.8) is 0 Å². The van der Waals surface area contributed by atoms with Gasteiger partial charge >= 0.3 is 0 Å². The second-order valence-electron chi connectivity index (χ2n) is 4.94. The molecule has 4 heteroatoms. The molecule has 3 nitrogen and oxygen atoms in total. The summed E-state index contributed by atoms with van der Waals surface area (Å²) in [5.74, 6) is 0. The molecule has 0 saturated carbocycles. The number of rotatable bonds is 5. The van der Waals surface area contributed by atoms with Crippen LogP contribution in [0.15, 0.2) is 30.3 Å². The fourth-order valence-electron chi connectivity index (χ4n) is 1.93. The van der Waals surface area contributed by atoms with Crippen molar-refractivity contribution in [1.29, 1.82) is 0 Å². The molecule has 1 atom stereocenters. The molecular formula is C15H20N2OS. The number of nitrogens with zero attached hydrogens (tertiary/aromatic N) is 2. The van der Waals surface area contributed by atoms with Gasteiger partial charge in [-0.05, 0) is 27.4 Å². The van der Waals surface area contributed by atoms with Gasteiger partial charge in [0.05, 0.1) is 16.7 Å². The van der Waals surface area contributed by atoms with Crippen molar-refractivity contribution >= 4 is 11.3 Å². The van der Waals surface area contributed by atoms with E-state index in [1.807, 2.05) is 51.4 Å². The zero-order chi connectivity index (χ0) is 13.8. The normalized spacial score (nSPS) is 12.9. The third-order valence-corrected chi connectivity index (χ3v) is 4.31. The lowest BCUT2D eigenvalue weighted by atomic mass is 10.2. The van der Waals surface area contributed by atoms with Crippen molar-refractivity contribution in [2.24, 2.45) is 0 Å². The average Bonchev–Trinajstić information content (AvgIpc) is 2.79. The highest BCUT2D eigenvalue weighted by molar-refractivity contribution is 7.15. The molecule has 1 unspecified atom stereocenters. The Balaban J connectivity index is 2.17. The van der Waals surface area contributed by atoms with Gasteiger partial charge < -0.3 is 10.0 Å². The lowest BCUT2D eigenvalue weighted by Crippen LogP contribution is -2.15. The van der Waals surface area contributed by atoms with Crippen LogP contribution in [0, 0.1) is 6.92 Å². The molecule has 1 aromatic heterocycles. The molecule has 2 rings (SSSR count). The van der Waals surface area contributed by atoms with E-state index in [0.717, 1.165) is 34.1 Å². The standard InChI is InChI=1S/C15H20N2OS/c1-11-14(13(18)9-10-17(2)3)19-15(16-11)12-7-5-4-6-8-12/h4-8,13,18H,9-10H2,1-3H3. The van der Waals surface area contributed by atoms with Crippen molar-refractivity contribution in [2.45, 2.75) is 19.4 Å². The largest absolute Gasteiger partial charge is 0.387 e. The van der Waals surface area contributed by atoms with Crippen LogP contribution in [0.4, 0.5) is 0 Å². The fraction of sp³-hybridized carbons (Fsp3) is 0.400. The Morgan fingerprint density at radius 1 is 1.26 bits per heavy atom.